The van der Waals surface area contributed by atoms with E-state index in [1.165, 1.54) is 13.2 Å². The van der Waals surface area contributed by atoms with E-state index in [-0.39, 0.29) is 47.4 Å². The molecule has 1 aromatic rings. The lowest BCUT2D eigenvalue weighted by Crippen LogP contribution is -2.46. The van der Waals surface area contributed by atoms with Crippen molar-refractivity contribution in [1.29, 1.82) is 0 Å². The molecule has 7 nitrogen and oxygen atoms in total. The largest absolute Gasteiger partial charge is 0.493 e. The third-order valence-corrected chi connectivity index (χ3v) is 4.60. The average molecular weight is 541 g/mol. The van der Waals surface area contributed by atoms with Crippen LogP contribution in [0.5, 0.6) is 11.5 Å². The highest BCUT2D eigenvalue weighted by molar-refractivity contribution is 14.0. The standard InChI is InChI=1S/C20H29F2N3O4.HI/c1-4-23-20(25-10-8-15(9-11-25)18(26)28-5-2)24-13-14-6-7-16(27-3)17(12-14)29-19(21)22;/h6-7,12,15,19H,4-5,8-11,13H2,1-3H3,(H,23,24);1H. The van der Waals surface area contributed by atoms with Gasteiger partial charge in [-0.15, -0.1) is 24.0 Å². The number of benzene rings is 1. The number of guanidine groups is 1. The van der Waals surface area contributed by atoms with Crippen molar-refractivity contribution in [2.45, 2.75) is 39.8 Å². The van der Waals surface area contributed by atoms with Gasteiger partial charge in [-0.2, -0.15) is 8.78 Å². The highest BCUT2D eigenvalue weighted by Gasteiger charge is 2.27. The number of methoxy groups -OCH3 is 1. The van der Waals surface area contributed by atoms with Crippen LogP contribution in [0.2, 0.25) is 0 Å². The molecule has 0 saturated carbocycles. The number of halogens is 3. The molecule has 1 aromatic carbocycles. The van der Waals surface area contributed by atoms with Crippen molar-refractivity contribution in [3.05, 3.63) is 23.8 Å². The molecule has 0 aliphatic carbocycles. The predicted octanol–water partition coefficient (Wildman–Crippen LogP) is 3.66. The number of piperidine rings is 1. The highest BCUT2D eigenvalue weighted by atomic mass is 127. The number of likely N-dealkylation sites (tertiary alicyclic amines) is 1. The Morgan fingerprint density at radius 3 is 2.53 bits per heavy atom. The monoisotopic (exact) mass is 541 g/mol. The third-order valence-electron chi connectivity index (χ3n) is 4.60. The average Bonchev–Trinajstić information content (AvgIpc) is 2.71. The van der Waals surface area contributed by atoms with Gasteiger partial charge in [0, 0.05) is 19.6 Å². The topological polar surface area (TPSA) is 72.4 Å². The summed E-state index contributed by atoms with van der Waals surface area (Å²) in [6, 6.07) is 4.85. The SMILES string of the molecule is CCNC(=NCc1ccc(OC)c(OC(F)F)c1)N1CCC(C(=O)OCC)CC1.I. The zero-order chi connectivity index (χ0) is 21.2. The van der Waals surface area contributed by atoms with Crippen LogP contribution >= 0.6 is 24.0 Å². The first-order valence-corrected chi connectivity index (χ1v) is 9.80. The van der Waals surface area contributed by atoms with Gasteiger partial charge in [-0.3, -0.25) is 4.79 Å². The van der Waals surface area contributed by atoms with Crippen molar-refractivity contribution in [1.82, 2.24) is 10.2 Å². The Kier molecular flexibility index (Phi) is 11.7. The Balaban J connectivity index is 0.00000450. The van der Waals surface area contributed by atoms with Gasteiger partial charge in [0.2, 0.25) is 0 Å². The minimum absolute atomic E-state index is 0. The number of alkyl halides is 2. The van der Waals surface area contributed by atoms with Crippen LogP contribution in [0.3, 0.4) is 0 Å². The number of nitrogens with zero attached hydrogens (tertiary/aromatic N) is 2. The number of nitrogens with one attached hydrogen (secondary N) is 1. The van der Waals surface area contributed by atoms with Gasteiger partial charge in [-0.05, 0) is 44.4 Å². The normalized spacial score (nSPS) is 14.9. The van der Waals surface area contributed by atoms with E-state index in [0.29, 0.717) is 45.6 Å². The van der Waals surface area contributed by atoms with E-state index in [9.17, 15) is 13.6 Å². The highest BCUT2D eigenvalue weighted by Crippen LogP contribution is 2.29. The summed E-state index contributed by atoms with van der Waals surface area (Å²) in [5.41, 5.74) is 0.721. The summed E-state index contributed by atoms with van der Waals surface area (Å²) in [5.74, 6) is 0.729. The van der Waals surface area contributed by atoms with Crippen molar-refractivity contribution in [2.75, 3.05) is 33.4 Å². The van der Waals surface area contributed by atoms with Gasteiger partial charge in [0.25, 0.3) is 0 Å². The van der Waals surface area contributed by atoms with Gasteiger partial charge in [0.1, 0.15) is 0 Å². The van der Waals surface area contributed by atoms with Crippen molar-refractivity contribution in [3.8, 4) is 11.5 Å². The second-order valence-corrected chi connectivity index (χ2v) is 6.55. The molecule has 0 spiro atoms. The number of hydrogen-bond donors (Lipinski definition) is 1. The molecule has 0 bridgehead atoms. The van der Waals surface area contributed by atoms with E-state index in [2.05, 4.69) is 19.9 Å². The van der Waals surface area contributed by atoms with Crippen molar-refractivity contribution in [2.24, 2.45) is 10.9 Å². The Bertz CT molecular complexity index is 699. The van der Waals surface area contributed by atoms with E-state index in [4.69, 9.17) is 9.47 Å². The molecule has 0 aromatic heterocycles. The molecule has 170 valence electrons. The molecule has 0 radical (unpaired) electrons. The Morgan fingerprint density at radius 1 is 1.27 bits per heavy atom. The van der Waals surface area contributed by atoms with Crippen molar-refractivity contribution in [3.63, 3.8) is 0 Å². The zero-order valence-corrected chi connectivity index (χ0v) is 19.9. The molecule has 1 aliphatic heterocycles. The summed E-state index contributed by atoms with van der Waals surface area (Å²) in [7, 11) is 1.40. The van der Waals surface area contributed by atoms with Crippen LogP contribution in [0, 0.1) is 5.92 Å². The van der Waals surface area contributed by atoms with Crippen LogP contribution in [-0.4, -0.2) is 56.8 Å². The Morgan fingerprint density at radius 2 is 1.97 bits per heavy atom. The van der Waals surface area contributed by atoms with Crippen molar-refractivity contribution >= 4 is 35.9 Å². The smallest absolute Gasteiger partial charge is 0.387 e. The first kappa shape index (κ1) is 26.2. The molecule has 1 saturated heterocycles. The van der Waals surface area contributed by atoms with Gasteiger partial charge >= 0.3 is 12.6 Å². The lowest BCUT2D eigenvalue weighted by Gasteiger charge is -2.33. The molecule has 1 N–H and O–H groups in total. The third kappa shape index (κ3) is 7.77. The van der Waals surface area contributed by atoms with Gasteiger partial charge < -0.3 is 24.4 Å². The fourth-order valence-electron chi connectivity index (χ4n) is 3.19. The second-order valence-electron chi connectivity index (χ2n) is 6.55. The molecule has 0 atom stereocenters. The van der Waals surface area contributed by atoms with Gasteiger partial charge in [-0.25, -0.2) is 4.99 Å². The molecule has 0 amide bonds. The first-order chi connectivity index (χ1) is 14.0. The molecule has 10 heteroatoms. The lowest BCUT2D eigenvalue weighted by atomic mass is 9.97. The molecule has 2 rings (SSSR count). The van der Waals surface area contributed by atoms with Crippen molar-refractivity contribution < 1.29 is 27.8 Å². The molecular weight excluding hydrogens is 511 g/mol. The number of carbonyl (C=O) groups excluding carboxylic acids is 1. The zero-order valence-electron chi connectivity index (χ0n) is 17.5. The number of aliphatic imine (C=N–C) groups is 1. The molecule has 1 fully saturated rings. The molecular formula is C20H30F2IN3O4. The van der Waals surface area contributed by atoms with Crippen LogP contribution < -0.4 is 14.8 Å². The van der Waals surface area contributed by atoms with Crippen LogP contribution in [0.4, 0.5) is 8.78 Å². The fraction of sp³-hybridized carbons (Fsp3) is 0.600. The van der Waals surface area contributed by atoms with E-state index < -0.39 is 6.61 Å². The fourth-order valence-corrected chi connectivity index (χ4v) is 3.19. The maximum absolute atomic E-state index is 12.6. The summed E-state index contributed by atoms with van der Waals surface area (Å²) >= 11 is 0. The Hall–Kier alpha value is -1.85. The van der Waals surface area contributed by atoms with Crippen LogP contribution in [0.1, 0.15) is 32.3 Å². The predicted molar refractivity (Wildman–Crippen MR) is 121 cm³/mol. The maximum Gasteiger partial charge on any atom is 0.387 e. The molecule has 1 heterocycles. The maximum atomic E-state index is 12.6. The van der Waals surface area contributed by atoms with E-state index in [1.807, 2.05) is 6.92 Å². The summed E-state index contributed by atoms with van der Waals surface area (Å²) in [6.07, 6.45) is 1.41. The molecule has 30 heavy (non-hydrogen) atoms. The lowest BCUT2D eigenvalue weighted by molar-refractivity contribution is -0.149. The van der Waals surface area contributed by atoms with Gasteiger partial charge in [0.05, 0.1) is 26.2 Å². The number of esters is 1. The molecule has 1 aliphatic rings. The quantitative estimate of drug-likeness (QED) is 0.235. The van der Waals surface area contributed by atoms with Crippen LogP contribution in [-0.2, 0) is 16.1 Å². The summed E-state index contributed by atoms with van der Waals surface area (Å²) in [6.45, 7) is 3.61. The van der Waals surface area contributed by atoms with E-state index in [0.717, 1.165) is 11.5 Å². The summed E-state index contributed by atoms with van der Waals surface area (Å²) < 4.78 is 39.9. The number of hydrogen-bond acceptors (Lipinski definition) is 5. The minimum Gasteiger partial charge on any atom is -0.493 e. The number of ether oxygens (including phenoxy) is 3. The van der Waals surface area contributed by atoms with Gasteiger partial charge in [-0.1, -0.05) is 6.07 Å². The Labute approximate surface area is 193 Å². The summed E-state index contributed by atoms with van der Waals surface area (Å²) in [4.78, 5) is 18.6. The number of rotatable bonds is 8. The summed E-state index contributed by atoms with van der Waals surface area (Å²) in [5, 5.41) is 3.24. The second kappa shape index (κ2) is 13.5. The van der Waals surface area contributed by atoms with Gasteiger partial charge in [0.15, 0.2) is 17.5 Å². The van der Waals surface area contributed by atoms with E-state index in [1.54, 1.807) is 19.1 Å². The number of carbonyl (C=O) groups is 1. The molecule has 0 unspecified atom stereocenters. The first-order valence-electron chi connectivity index (χ1n) is 9.80. The van der Waals surface area contributed by atoms with E-state index >= 15 is 0 Å². The minimum atomic E-state index is -2.93. The van der Waals surface area contributed by atoms with Crippen LogP contribution in [0.25, 0.3) is 0 Å². The van der Waals surface area contributed by atoms with Crippen LogP contribution in [0.15, 0.2) is 23.2 Å².